The van der Waals surface area contributed by atoms with Crippen molar-refractivity contribution < 1.29 is 19.1 Å². The summed E-state index contributed by atoms with van der Waals surface area (Å²) in [6, 6.07) is 0. The van der Waals surface area contributed by atoms with Crippen LogP contribution in [0.4, 0.5) is 0 Å². The first kappa shape index (κ1) is 19.4. The Morgan fingerprint density at radius 1 is 0.931 bits per heavy atom. The molecule has 8 atom stereocenters. The van der Waals surface area contributed by atoms with Gasteiger partial charge >= 0.3 is 11.9 Å². The van der Waals surface area contributed by atoms with Crippen LogP contribution in [0.1, 0.15) is 58.8 Å². The standard InChI is InChI=1S/C25H34O4/c1-14(2)22(26)28-12-24-11-19(18-6-5-7-20(18)24)21-16-8-9-17(10-16)25(21,24)13-29-23(27)15(3)4/h16-21H,1,3,5-13H2,2,4H3. The van der Waals surface area contributed by atoms with Crippen molar-refractivity contribution in [2.45, 2.75) is 58.8 Å². The average Bonchev–Trinajstić information content (AvgIpc) is 3.46. The third kappa shape index (κ3) is 2.38. The van der Waals surface area contributed by atoms with Crippen molar-refractivity contribution >= 4 is 11.9 Å². The van der Waals surface area contributed by atoms with Gasteiger partial charge in [-0.2, -0.15) is 0 Å². The lowest BCUT2D eigenvalue weighted by Crippen LogP contribution is -2.57. The van der Waals surface area contributed by atoms with Crippen molar-refractivity contribution in [2.75, 3.05) is 13.2 Å². The van der Waals surface area contributed by atoms with E-state index in [1.165, 1.54) is 38.5 Å². The van der Waals surface area contributed by atoms with Crippen LogP contribution in [0.2, 0.25) is 0 Å². The lowest BCUT2D eigenvalue weighted by molar-refractivity contribution is -0.179. The number of carbonyl (C=O) groups excluding carboxylic acids is 2. The van der Waals surface area contributed by atoms with E-state index in [2.05, 4.69) is 13.2 Å². The summed E-state index contributed by atoms with van der Waals surface area (Å²) in [5.41, 5.74) is 0.867. The third-order valence-corrected chi connectivity index (χ3v) is 9.72. The molecular formula is C25H34O4. The van der Waals surface area contributed by atoms with Gasteiger partial charge in [-0.15, -0.1) is 0 Å². The van der Waals surface area contributed by atoms with Gasteiger partial charge in [0, 0.05) is 22.0 Å². The van der Waals surface area contributed by atoms with Gasteiger partial charge in [0.05, 0.1) is 13.2 Å². The van der Waals surface area contributed by atoms with Crippen LogP contribution in [0, 0.1) is 46.3 Å². The maximum Gasteiger partial charge on any atom is 0.333 e. The van der Waals surface area contributed by atoms with Gasteiger partial charge in [0.1, 0.15) is 0 Å². The SMILES string of the molecule is C=C(C)C(=O)OCC12CC(C3CCCC31)C1C3CCC(C3)C12COC(=O)C(=C)C. The van der Waals surface area contributed by atoms with Gasteiger partial charge in [-0.3, -0.25) is 0 Å². The number of carbonyl (C=O) groups is 2. The molecule has 5 aliphatic rings. The van der Waals surface area contributed by atoms with Crippen LogP contribution < -0.4 is 0 Å². The second kappa shape index (κ2) is 6.46. The number of fused-ring (bicyclic) bond motifs is 12. The summed E-state index contributed by atoms with van der Waals surface area (Å²) >= 11 is 0. The van der Waals surface area contributed by atoms with Crippen molar-refractivity contribution in [3.05, 3.63) is 24.3 Å². The van der Waals surface area contributed by atoms with E-state index >= 15 is 0 Å². The highest BCUT2D eigenvalue weighted by Crippen LogP contribution is 2.83. The van der Waals surface area contributed by atoms with Crippen molar-refractivity contribution in [1.82, 2.24) is 0 Å². The minimum atomic E-state index is -0.280. The molecule has 0 aromatic carbocycles. The first-order valence-corrected chi connectivity index (χ1v) is 11.5. The van der Waals surface area contributed by atoms with Crippen LogP contribution >= 0.6 is 0 Å². The number of hydrogen-bond donors (Lipinski definition) is 0. The zero-order valence-electron chi connectivity index (χ0n) is 17.9. The molecule has 0 aliphatic heterocycles. The summed E-state index contributed by atoms with van der Waals surface area (Å²) in [6.45, 7) is 11.9. The molecule has 5 rings (SSSR count). The second-order valence-corrected chi connectivity index (χ2v) is 10.8. The Morgan fingerprint density at radius 2 is 1.62 bits per heavy atom. The molecule has 0 saturated heterocycles. The molecule has 8 unspecified atom stereocenters. The summed E-state index contributed by atoms with van der Waals surface area (Å²) in [5.74, 6) is 3.50. The van der Waals surface area contributed by atoms with Gasteiger partial charge < -0.3 is 9.47 Å². The molecule has 5 aliphatic carbocycles. The molecule has 4 heteroatoms. The fourth-order valence-electron chi connectivity index (χ4n) is 9.10. The third-order valence-electron chi connectivity index (χ3n) is 9.72. The molecule has 0 spiro atoms. The summed E-state index contributed by atoms with van der Waals surface area (Å²) in [7, 11) is 0. The molecular weight excluding hydrogens is 364 g/mol. The van der Waals surface area contributed by atoms with Gasteiger partial charge in [-0.05, 0) is 87.9 Å². The van der Waals surface area contributed by atoms with Crippen LogP contribution in [-0.2, 0) is 19.1 Å². The van der Waals surface area contributed by atoms with Crippen LogP contribution in [0.5, 0.6) is 0 Å². The summed E-state index contributed by atoms with van der Waals surface area (Å²) < 4.78 is 11.8. The van der Waals surface area contributed by atoms with E-state index in [9.17, 15) is 9.59 Å². The zero-order chi connectivity index (χ0) is 20.6. The number of hydrogen-bond acceptors (Lipinski definition) is 4. The van der Waals surface area contributed by atoms with E-state index in [4.69, 9.17) is 9.47 Å². The van der Waals surface area contributed by atoms with Gasteiger partial charge in [0.15, 0.2) is 0 Å². The molecule has 0 radical (unpaired) electrons. The molecule has 5 fully saturated rings. The zero-order valence-corrected chi connectivity index (χ0v) is 17.9. The summed E-state index contributed by atoms with van der Waals surface area (Å²) in [5, 5.41) is 0. The molecule has 4 nitrogen and oxygen atoms in total. The van der Waals surface area contributed by atoms with Gasteiger partial charge in [0.2, 0.25) is 0 Å². The van der Waals surface area contributed by atoms with Crippen molar-refractivity contribution in [3.8, 4) is 0 Å². The highest BCUT2D eigenvalue weighted by Gasteiger charge is 2.80. The Labute approximate surface area is 174 Å². The number of esters is 2. The van der Waals surface area contributed by atoms with Crippen LogP contribution in [0.25, 0.3) is 0 Å². The van der Waals surface area contributed by atoms with Gasteiger partial charge in [0.25, 0.3) is 0 Å². The smallest absolute Gasteiger partial charge is 0.333 e. The fraction of sp³-hybridized carbons (Fsp3) is 0.760. The van der Waals surface area contributed by atoms with Crippen molar-refractivity contribution in [2.24, 2.45) is 46.3 Å². The molecule has 0 amide bonds. The topological polar surface area (TPSA) is 52.6 Å². The molecule has 158 valence electrons. The fourth-order valence-corrected chi connectivity index (χ4v) is 9.10. The Morgan fingerprint density at radius 3 is 2.31 bits per heavy atom. The van der Waals surface area contributed by atoms with Crippen LogP contribution in [0.3, 0.4) is 0 Å². The van der Waals surface area contributed by atoms with Crippen molar-refractivity contribution in [1.29, 1.82) is 0 Å². The predicted molar refractivity (Wildman–Crippen MR) is 110 cm³/mol. The maximum absolute atomic E-state index is 12.4. The number of rotatable bonds is 6. The summed E-state index contributed by atoms with van der Waals surface area (Å²) in [4.78, 5) is 24.7. The quantitative estimate of drug-likeness (QED) is 0.370. The Balaban J connectivity index is 1.54. The minimum absolute atomic E-state index is 0.0213. The molecule has 5 saturated carbocycles. The van der Waals surface area contributed by atoms with E-state index in [0.717, 1.165) is 18.3 Å². The van der Waals surface area contributed by atoms with Crippen molar-refractivity contribution in [3.63, 3.8) is 0 Å². The first-order chi connectivity index (χ1) is 13.8. The second-order valence-electron chi connectivity index (χ2n) is 10.8. The lowest BCUT2D eigenvalue weighted by atomic mass is 9.48. The van der Waals surface area contributed by atoms with E-state index in [0.29, 0.717) is 48.0 Å². The van der Waals surface area contributed by atoms with Gasteiger partial charge in [-0.25, -0.2) is 9.59 Å². The Bertz CT molecular complexity index is 784. The highest BCUT2D eigenvalue weighted by molar-refractivity contribution is 5.87. The molecule has 4 bridgehead atoms. The van der Waals surface area contributed by atoms with E-state index in [1.807, 2.05) is 0 Å². The minimum Gasteiger partial charge on any atom is -0.462 e. The van der Waals surface area contributed by atoms with E-state index in [1.54, 1.807) is 13.8 Å². The normalized spacial score (nSPS) is 45.7. The first-order valence-electron chi connectivity index (χ1n) is 11.5. The molecule has 0 aromatic rings. The molecule has 0 aromatic heterocycles. The van der Waals surface area contributed by atoms with Crippen LogP contribution in [0.15, 0.2) is 24.3 Å². The molecule has 0 heterocycles. The van der Waals surface area contributed by atoms with Gasteiger partial charge in [-0.1, -0.05) is 19.6 Å². The predicted octanol–water partition coefficient (Wildman–Crippen LogP) is 4.69. The largest absolute Gasteiger partial charge is 0.462 e. The Kier molecular flexibility index (Phi) is 4.32. The lowest BCUT2D eigenvalue weighted by Gasteiger charge is -2.56. The van der Waals surface area contributed by atoms with Crippen LogP contribution in [-0.4, -0.2) is 25.2 Å². The highest BCUT2D eigenvalue weighted by atomic mass is 16.5. The number of ether oxygens (including phenoxy) is 2. The molecule has 29 heavy (non-hydrogen) atoms. The summed E-state index contributed by atoms with van der Waals surface area (Å²) in [6.07, 6.45) is 8.79. The van der Waals surface area contributed by atoms with E-state index < -0.39 is 0 Å². The Hall–Kier alpha value is -1.58. The maximum atomic E-state index is 12.4. The monoisotopic (exact) mass is 398 g/mol. The average molecular weight is 399 g/mol. The molecule has 0 N–H and O–H groups in total. The van der Waals surface area contributed by atoms with E-state index in [-0.39, 0.29) is 22.8 Å².